The lowest BCUT2D eigenvalue weighted by molar-refractivity contribution is -0.139. The van der Waals surface area contributed by atoms with E-state index in [2.05, 4.69) is 74.2 Å². The lowest BCUT2D eigenvalue weighted by Gasteiger charge is -2.14. The number of carbonyl (C=O) groups excluding carboxylic acids is 1. The van der Waals surface area contributed by atoms with Crippen molar-refractivity contribution in [2.45, 2.75) is 39.5 Å². The van der Waals surface area contributed by atoms with Gasteiger partial charge in [-0.15, -0.1) is 0 Å². The van der Waals surface area contributed by atoms with Gasteiger partial charge < -0.3 is 9.84 Å². The molecule has 0 fully saturated rings. The van der Waals surface area contributed by atoms with Crippen LogP contribution in [-0.4, -0.2) is 24.3 Å². The van der Waals surface area contributed by atoms with E-state index < -0.39 is 0 Å². The van der Waals surface area contributed by atoms with Gasteiger partial charge in [0.1, 0.15) is 0 Å². The Hall–Kier alpha value is -3.17. The van der Waals surface area contributed by atoms with E-state index in [1.165, 1.54) is 38.9 Å². The highest BCUT2D eigenvalue weighted by Crippen LogP contribution is 2.30. The van der Waals surface area contributed by atoms with Crippen molar-refractivity contribution < 1.29 is 14.6 Å². The van der Waals surface area contributed by atoms with Gasteiger partial charge in [-0.2, -0.15) is 0 Å². The second-order valence-corrected chi connectivity index (χ2v) is 8.23. The number of aliphatic hydroxyl groups is 1. The molecule has 0 heterocycles. The van der Waals surface area contributed by atoms with Crippen molar-refractivity contribution >= 4 is 5.97 Å². The fraction of sp³-hybridized carbons (Fsp3) is 0.276. The quantitative estimate of drug-likeness (QED) is 0.234. The number of carbonyl (C=O) groups is 1. The van der Waals surface area contributed by atoms with Gasteiger partial charge >= 0.3 is 5.97 Å². The molecule has 166 valence electrons. The number of hydrogen-bond donors (Lipinski definition) is 1. The highest BCUT2D eigenvalue weighted by molar-refractivity contribution is 5.86. The van der Waals surface area contributed by atoms with Crippen molar-refractivity contribution in [3.8, 4) is 22.3 Å². The van der Waals surface area contributed by atoms with Crippen molar-refractivity contribution in [2.24, 2.45) is 0 Å². The molecule has 0 spiro atoms. The summed E-state index contributed by atoms with van der Waals surface area (Å²) < 4.78 is 5.26. The molecule has 0 bridgehead atoms. The van der Waals surface area contributed by atoms with E-state index in [9.17, 15) is 9.90 Å². The Morgan fingerprint density at radius 1 is 0.875 bits per heavy atom. The fourth-order valence-corrected chi connectivity index (χ4v) is 3.89. The van der Waals surface area contributed by atoms with Gasteiger partial charge in [0, 0.05) is 12.2 Å². The molecule has 0 saturated carbocycles. The Kier molecular flexibility index (Phi) is 8.41. The number of aryl methyl sites for hydroxylation is 3. The molecule has 0 aliphatic carbocycles. The van der Waals surface area contributed by atoms with Crippen LogP contribution in [0.1, 0.15) is 36.5 Å². The Morgan fingerprint density at radius 2 is 1.59 bits per heavy atom. The topological polar surface area (TPSA) is 46.5 Å². The Morgan fingerprint density at radius 3 is 2.28 bits per heavy atom. The average molecular weight is 429 g/mol. The predicted molar refractivity (Wildman–Crippen MR) is 132 cm³/mol. The average Bonchev–Trinajstić information content (AvgIpc) is 2.81. The van der Waals surface area contributed by atoms with Crippen molar-refractivity contribution in [1.82, 2.24) is 0 Å². The molecule has 0 aromatic heterocycles. The van der Waals surface area contributed by atoms with Crippen LogP contribution in [0, 0.1) is 6.92 Å². The monoisotopic (exact) mass is 428 g/mol. The second kappa shape index (κ2) is 11.4. The van der Waals surface area contributed by atoms with E-state index in [4.69, 9.17) is 4.74 Å². The van der Waals surface area contributed by atoms with Gasteiger partial charge in [0.25, 0.3) is 0 Å². The smallest absolute Gasteiger partial charge is 0.333 e. The third-order valence-corrected chi connectivity index (χ3v) is 5.63. The predicted octanol–water partition coefficient (Wildman–Crippen LogP) is 6.31. The van der Waals surface area contributed by atoms with Crippen LogP contribution in [0.5, 0.6) is 0 Å². The summed E-state index contributed by atoms with van der Waals surface area (Å²) in [5.74, 6) is -0.339. The van der Waals surface area contributed by atoms with Crippen LogP contribution in [0.25, 0.3) is 22.3 Å². The van der Waals surface area contributed by atoms with Crippen LogP contribution in [0.4, 0.5) is 0 Å². The first-order chi connectivity index (χ1) is 15.5. The molecule has 3 aromatic rings. The number of benzene rings is 3. The van der Waals surface area contributed by atoms with Crippen molar-refractivity contribution in [2.75, 3.05) is 13.2 Å². The Labute approximate surface area is 191 Å². The fourth-order valence-electron chi connectivity index (χ4n) is 3.89. The Bertz CT molecular complexity index is 1070. The van der Waals surface area contributed by atoms with Gasteiger partial charge in [-0.05, 0) is 78.5 Å². The summed E-state index contributed by atoms with van der Waals surface area (Å²) in [7, 11) is 0. The van der Waals surface area contributed by atoms with Gasteiger partial charge in [0.15, 0.2) is 0 Å². The molecule has 0 unspecified atom stereocenters. The van der Waals surface area contributed by atoms with Gasteiger partial charge in [-0.1, -0.05) is 73.3 Å². The van der Waals surface area contributed by atoms with E-state index in [0.717, 1.165) is 25.7 Å². The molecule has 32 heavy (non-hydrogen) atoms. The third kappa shape index (κ3) is 6.18. The van der Waals surface area contributed by atoms with Crippen LogP contribution >= 0.6 is 0 Å². The largest absolute Gasteiger partial charge is 0.462 e. The molecule has 0 radical (unpaired) electrons. The SMILES string of the molecule is C=C(C)C(=O)OCCCc1cc(-c2ccc(-c3ccccc3)cc2C)ccc1CCCO. The summed E-state index contributed by atoms with van der Waals surface area (Å²) in [4.78, 5) is 11.6. The molecular weight excluding hydrogens is 396 g/mol. The second-order valence-electron chi connectivity index (χ2n) is 8.23. The molecule has 0 amide bonds. The normalized spacial score (nSPS) is 10.7. The minimum absolute atomic E-state index is 0.178. The summed E-state index contributed by atoms with van der Waals surface area (Å²) in [6, 6.07) is 23.6. The van der Waals surface area contributed by atoms with Gasteiger partial charge in [-0.3, -0.25) is 0 Å². The molecule has 0 atom stereocenters. The first-order valence-corrected chi connectivity index (χ1v) is 11.2. The first-order valence-electron chi connectivity index (χ1n) is 11.2. The summed E-state index contributed by atoms with van der Waals surface area (Å²) in [6.07, 6.45) is 3.14. The maximum atomic E-state index is 11.6. The summed E-state index contributed by atoms with van der Waals surface area (Å²) >= 11 is 0. The minimum atomic E-state index is -0.339. The molecule has 0 saturated heterocycles. The molecule has 3 heteroatoms. The van der Waals surface area contributed by atoms with E-state index in [1.807, 2.05) is 6.07 Å². The molecule has 3 nitrogen and oxygen atoms in total. The number of ether oxygens (including phenoxy) is 1. The van der Waals surface area contributed by atoms with Gasteiger partial charge in [0.05, 0.1) is 6.61 Å². The van der Waals surface area contributed by atoms with Crippen molar-refractivity contribution in [3.05, 3.63) is 95.6 Å². The Balaban J connectivity index is 1.81. The number of rotatable bonds is 10. The lowest BCUT2D eigenvalue weighted by atomic mass is 9.91. The summed E-state index contributed by atoms with van der Waals surface area (Å²) in [5, 5.41) is 9.27. The number of hydrogen-bond acceptors (Lipinski definition) is 3. The summed E-state index contributed by atoms with van der Waals surface area (Å²) in [6.45, 7) is 7.98. The maximum absolute atomic E-state index is 11.6. The van der Waals surface area contributed by atoms with Crippen LogP contribution in [0.15, 0.2) is 78.9 Å². The van der Waals surface area contributed by atoms with Crippen LogP contribution < -0.4 is 0 Å². The summed E-state index contributed by atoms with van der Waals surface area (Å²) in [5.41, 5.74) is 8.97. The van der Waals surface area contributed by atoms with E-state index in [0.29, 0.717) is 12.2 Å². The third-order valence-electron chi connectivity index (χ3n) is 5.63. The molecule has 1 N–H and O–H groups in total. The van der Waals surface area contributed by atoms with Crippen LogP contribution in [0.2, 0.25) is 0 Å². The molecule has 3 aromatic carbocycles. The van der Waals surface area contributed by atoms with E-state index in [1.54, 1.807) is 6.92 Å². The van der Waals surface area contributed by atoms with Gasteiger partial charge in [0.2, 0.25) is 0 Å². The highest BCUT2D eigenvalue weighted by atomic mass is 16.5. The zero-order valence-electron chi connectivity index (χ0n) is 19.1. The zero-order chi connectivity index (χ0) is 22.9. The molecule has 0 aliphatic heterocycles. The lowest BCUT2D eigenvalue weighted by Crippen LogP contribution is -2.07. The van der Waals surface area contributed by atoms with E-state index in [-0.39, 0.29) is 12.6 Å². The highest BCUT2D eigenvalue weighted by Gasteiger charge is 2.10. The zero-order valence-corrected chi connectivity index (χ0v) is 19.1. The van der Waals surface area contributed by atoms with Crippen LogP contribution in [-0.2, 0) is 22.4 Å². The van der Waals surface area contributed by atoms with Crippen LogP contribution in [0.3, 0.4) is 0 Å². The minimum Gasteiger partial charge on any atom is -0.462 e. The first kappa shape index (κ1) is 23.5. The molecule has 0 aliphatic rings. The van der Waals surface area contributed by atoms with Gasteiger partial charge in [-0.25, -0.2) is 4.79 Å². The van der Waals surface area contributed by atoms with Crippen molar-refractivity contribution in [3.63, 3.8) is 0 Å². The molecule has 3 rings (SSSR count). The van der Waals surface area contributed by atoms with E-state index >= 15 is 0 Å². The molecular formula is C29H32O3. The number of aliphatic hydroxyl groups excluding tert-OH is 1. The maximum Gasteiger partial charge on any atom is 0.333 e. The standard InChI is InChI=1S/C29H32O3/c1-21(2)29(31)32-18-8-12-25-20-27(14-13-24(25)11-7-17-30)28-16-15-26(19-22(28)3)23-9-5-4-6-10-23/h4-6,9-10,13-16,19-20,30H,1,7-8,11-12,17-18H2,2-3H3. The van der Waals surface area contributed by atoms with Crippen molar-refractivity contribution in [1.29, 1.82) is 0 Å². The number of esters is 1.